The van der Waals surface area contributed by atoms with E-state index < -0.39 is 15.8 Å². The molecule has 9 heteroatoms. The van der Waals surface area contributed by atoms with Crippen molar-refractivity contribution in [1.29, 1.82) is 0 Å². The number of nitrogens with zero attached hydrogens (tertiary/aromatic N) is 2. The highest BCUT2D eigenvalue weighted by molar-refractivity contribution is 7.89. The van der Waals surface area contributed by atoms with Gasteiger partial charge in [-0.3, -0.25) is 4.79 Å². The van der Waals surface area contributed by atoms with E-state index in [4.69, 9.17) is 4.52 Å². The molecule has 1 atom stereocenters. The first-order chi connectivity index (χ1) is 14.7. The van der Waals surface area contributed by atoms with Gasteiger partial charge in [0.15, 0.2) is 10.7 Å². The lowest BCUT2D eigenvalue weighted by atomic mass is 9.97. The van der Waals surface area contributed by atoms with Crippen LogP contribution < -0.4 is 5.32 Å². The predicted octanol–water partition coefficient (Wildman–Crippen LogP) is 3.61. The van der Waals surface area contributed by atoms with Crippen molar-refractivity contribution in [3.63, 3.8) is 0 Å². The fourth-order valence-corrected chi connectivity index (χ4v) is 5.24. The van der Waals surface area contributed by atoms with Gasteiger partial charge in [0.2, 0.25) is 15.9 Å². The van der Waals surface area contributed by atoms with E-state index in [-0.39, 0.29) is 47.3 Å². The van der Waals surface area contributed by atoms with Crippen LogP contribution in [0.2, 0.25) is 0 Å². The van der Waals surface area contributed by atoms with Gasteiger partial charge in [0.1, 0.15) is 11.5 Å². The summed E-state index contributed by atoms with van der Waals surface area (Å²) in [5.41, 5.74) is 0.554. The van der Waals surface area contributed by atoms with Crippen LogP contribution >= 0.6 is 0 Å². The van der Waals surface area contributed by atoms with Crippen molar-refractivity contribution in [2.45, 2.75) is 51.0 Å². The highest BCUT2D eigenvalue weighted by Gasteiger charge is 2.36. The van der Waals surface area contributed by atoms with Crippen LogP contribution in [0.25, 0.3) is 12.2 Å². The molecule has 1 amide bonds. The summed E-state index contributed by atoms with van der Waals surface area (Å²) in [5.74, 6) is -0.597. The summed E-state index contributed by atoms with van der Waals surface area (Å²) in [6.45, 7) is 5.98. The highest BCUT2D eigenvalue weighted by Crippen LogP contribution is 2.29. The zero-order valence-corrected chi connectivity index (χ0v) is 18.8. The Balaban J connectivity index is 1.75. The molecule has 0 saturated carbocycles. The summed E-state index contributed by atoms with van der Waals surface area (Å²) in [7, 11) is -3.87. The van der Waals surface area contributed by atoms with Crippen molar-refractivity contribution in [3.8, 4) is 0 Å². The summed E-state index contributed by atoms with van der Waals surface area (Å²) in [4.78, 5) is 12.3. The van der Waals surface area contributed by atoms with Crippen molar-refractivity contribution >= 4 is 28.1 Å². The molecule has 1 N–H and O–H groups in total. The van der Waals surface area contributed by atoms with Gasteiger partial charge in [-0.15, -0.1) is 0 Å². The van der Waals surface area contributed by atoms with Gasteiger partial charge in [-0.05, 0) is 51.3 Å². The van der Waals surface area contributed by atoms with Crippen LogP contribution in [0.3, 0.4) is 0 Å². The summed E-state index contributed by atoms with van der Waals surface area (Å²) < 4.78 is 47.0. The first-order valence-electron chi connectivity index (χ1n) is 10.4. The maximum Gasteiger partial charge on any atom is 0.248 e. The average molecular weight is 450 g/mol. The summed E-state index contributed by atoms with van der Waals surface area (Å²) >= 11 is 0. The van der Waals surface area contributed by atoms with E-state index >= 15 is 0 Å². The SMILES string of the molecule is CC[C@@H](C)NC(=O)C1CCN(S(=O)(=O)c2c(C)noc2/C=C/c2ccccc2F)CC1. The van der Waals surface area contributed by atoms with Crippen LogP contribution in [0.5, 0.6) is 0 Å². The molecule has 7 nitrogen and oxygen atoms in total. The monoisotopic (exact) mass is 449 g/mol. The number of piperidine rings is 1. The maximum absolute atomic E-state index is 13.9. The number of benzene rings is 1. The van der Waals surface area contributed by atoms with E-state index in [0.29, 0.717) is 18.4 Å². The molecule has 3 rings (SSSR count). The number of hydrogen-bond acceptors (Lipinski definition) is 5. The molecule has 0 spiro atoms. The minimum absolute atomic E-state index is 0.0254. The molecule has 2 aromatic rings. The molecule has 0 bridgehead atoms. The second-order valence-electron chi connectivity index (χ2n) is 7.81. The Labute approximate surface area is 182 Å². The normalized spacial score (nSPS) is 17.2. The molecule has 0 radical (unpaired) electrons. The van der Waals surface area contributed by atoms with Crippen LogP contribution in [-0.4, -0.2) is 42.9 Å². The van der Waals surface area contributed by atoms with Gasteiger partial charge in [0.25, 0.3) is 0 Å². The molecule has 31 heavy (non-hydrogen) atoms. The average Bonchev–Trinajstić information content (AvgIpc) is 3.14. The van der Waals surface area contributed by atoms with E-state index in [1.807, 2.05) is 13.8 Å². The lowest BCUT2D eigenvalue weighted by Crippen LogP contribution is -2.44. The fourth-order valence-electron chi connectivity index (χ4n) is 3.52. The molecule has 1 fully saturated rings. The van der Waals surface area contributed by atoms with Crippen molar-refractivity contribution < 1.29 is 22.1 Å². The van der Waals surface area contributed by atoms with Gasteiger partial charge in [-0.2, -0.15) is 4.31 Å². The lowest BCUT2D eigenvalue weighted by Gasteiger charge is -2.31. The van der Waals surface area contributed by atoms with Crippen molar-refractivity contribution in [2.24, 2.45) is 5.92 Å². The Bertz CT molecular complexity index is 1060. The summed E-state index contributed by atoms with van der Waals surface area (Å²) in [6.07, 6.45) is 4.62. The Morgan fingerprint density at radius 1 is 1.32 bits per heavy atom. The largest absolute Gasteiger partial charge is 0.355 e. The molecule has 168 valence electrons. The molecule has 1 aliphatic rings. The van der Waals surface area contributed by atoms with Gasteiger partial charge in [0.05, 0.1) is 0 Å². The quantitative estimate of drug-likeness (QED) is 0.697. The number of carbonyl (C=O) groups is 1. The standard InChI is InChI=1S/C22H28FN3O4S/c1-4-15(2)24-22(27)18-11-13-26(14-12-18)31(28,29)21-16(3)25-30-20(21)10-9-17-7-5-6-8-19(17)23/h5-10,15,18H,4,11-14H2,1-3H3,(H,24,27)/b10-9+/t15-/m1/s1. The number of rotatable bonds is 7. The first kappa shape index (κ1) is 23.1. The molecule has 0 unspecified atom stereocenters. The van der Waals surface area contributed by atoms with Gasteiger partial charge in [-0.1, -0.05) is 30.3 Å². The summed E-state index contributed by atoms with van der Waals surface area (Å²) in [5, 5.41) is 6.77. The van der Waals surface area contributed by atoms with E-state index in [0.717, 1.165) is 6.42 Å². The van der Waals surface area contributed by atoms with E-state index in [1.54, 1.807) is 25.1 Å². The third kappa shape index (κ3) is 5.22. The molecule has 1 saturated heterocycles. The number of sulfonamides is 1. The number of amides is 1. The van der Waals surface area contributed by atoms with Gasteiger partial charge in [-0.25, -0.2) is 12.8 Å². The molecule has 1 aliphatic heterocycles. The Morgan fingerprint density at radius 3 is 2.65 bits per heavy atom. The predicted molar refractivity (Wildman–Crippen MR) is 116 cm³/mol. The number of aromatic nitrogens is 1. The molecule has 2 heterocycles. The van der Waals surface area contributed by atoms with Crippen molar-refractivity contribution in [1.82, 2.24) is 14.8 Å². The Hall–Kier alpha value is -2.52. The topological polar surface area (TPSA) is 92.5 Å². The zero-order valence-electron chi connectivity index (χ0n) is 18.0. The second-order valence-corrected chi connectivity index (χ2v) is 9.69. The van der Waals surface area contributed by atoms with E-state index in [2.05, 4.69) is 10.5 Å². The first-order valence-corrected chi connectivity index (χ1v) is 11.9. The van der Waals surface area contributed by atoms with Gasteiger partial charge in [0, 0.05) is 30.6 Å². The Morgan fingerprint density at radius 2 is 2.00 bits per heavy atom. The molecule has 1 aromatic carbocycles. The molecule has 0 aliphatic carbocycles. The lowest BCUT2D eigenvalue weighted by molar-refractivity contribution is -0.126. The van der Waals surface area contributed by atoms with E-state index in [9.17, 15) is 17.6 Å². The van der Waals surface area contributed by atoms with Gasteiger partial charge < -0.3 is 9.84 Å². The van der Waals surface area contributed by atoms with E-state index in [1.165, 1.54) is 22.5 Å². The van der Waals surface area contributed by atoms with Crippen molar-refractivity contribution in [3.05, 3.63) is 47.1 Å². The minimum Gasteiger partial charge on any atom is -0.355 e. The molecular weight excluding hydrogens is 421 g/mol. The number of nitrogens with one attached hydrogen (secondary N) is 1. The number of halogens is 1. The minimum atomic E-state index is -3.87. The molecule has 1 aromatic heterocycles. The number of carbonyl (C=O) groups excluding carboxylic acids is 1. The smallest absolute Gasteiger partial charge is 0.248 e. The maximum atomic E-state index is 13.9. The molecular formula is C22H28FN3O4S. The van der Waals surface area contributed by atoms with Crippen LogP contribution in [0.15, 0.2) is 33.7 Å². The highest BCUT2D eigenvalue weighted by atomic mass is 32.2. The van der Waals surface area contributed by atoms with Crippen LogP contribution in [0.1, 0.15) is 50.1 Å². The van der Waals surface area contributed by atoms with Crippen molar-refractivity contribution in [2.75, 3.05) is 13.1 Å². The third-order valence-corrected chi connectivity index (χ3v) is 7.63. The second kappa shape index (κ2) is 9.74. The number of hydrogen-bond donors (Lipinski definition) is 1. The Kier molecular flexibility index (Phi) is 7.27. The fraction of sp³-hybridized carbons (Fsp3) is 0.455. The van der Waals surface area contributed by atoms with Crippen LogP contribution in [0.4, 0.5) is 4.39 Å². The third-order valence-electron chi connectivity index (χ3n) is 5.58. The number of aryl methyl sites for hydroxylation is 1. The summed E-state index contributed by atoms with van der Waals surface area (Å²) in [6, 6.07) is 6.27. The van der Waals surface area contributed by atoms with Crippen LogP contribution in [-0.2, 0) is 14.8 Å². The van der Waals surface area contributed by atoms with Crippen LogP contribution in [0, 0.1) is 18.7 Å². The zero-order chi connectivity index (χ0) is 22.6. The van der Waals surface area contributed by atoms with Gasteiger partial charge >= 0.3 is 0 Å².